The average Bonchev–Trinajstić information content (AvgIpc) is 3.26. The van der Waals surface area contributed by atoms with Crippen LogP contribution in [0, 0.1) is 33.8 Å². The molecule has 2 aliphatic carbocycles. The van der Waals surface area contributed by atoms with Gasteiger partial charge in [0.05, 0.1) is 9.82 Å². The molecule has 0 spiro atoms. The first-order valence-electron chi connectivity index (χ1n) is 12.0. The summed E-state index contributed by atoms with van der Waals surface area (Å²) >= 11 is 0. The number of nitro benzene ring substituents is 1. The summed E-state index contributed by atoms with van der Waals surface area (Å²) in [4.78, 5) is 23.6. The average molecular weight is 500 g/mol. The minimum Gasteiger partial charge on any atom is -0.375 e. The minimum atomic E-state index is -3.82. The number of amides is 1. The van der Waals surface area contributed by atoms with Gasteiger partial charge in [-0.2, -0.15) is 4.31 Å². The van der Waals surface area contributed by atoms with Crippen molar-refractivity contribution in [2.24, 2.45) is 23.7 Å². The molecule has 186 valence electrons. The number of nitrogens with one attached hydrogen (secondary N) is 1. The fourth-order valence-electron chi connectivity index (χ4n) is 5.95. The first kappa shape index (κ1) is 23.9. The number of sulfonamides is 1. The monoisotopic (exact) mass is 499 g/mol. The van der Waals surface area contributed by atoms with Crippen LogP contribution in [-0.4, -0.2) is 48.3 Å². The van der Waals surface area contributed by atoms with E-state index < -0.39 is 20.5 Å². The largest absolute Gasteiger partial charge is 0.375 e. The van der Waals surface area contributed by atoms with Gasteiger partial charge in [0.2, 0.25) is 10.0 Å². The summed E-state index contributed by atoms with van der Waals surface area (Å²) in [7, 11) is -3.82. The molecule has 3 atom stereocenters. The van der Waals surface area contributed by atoms with Crippen LogP contribution in [0.3, 0.4) is 0 Å². The Bertz CT molecular complexity index is 1220. The molecular weight excluding hydrogens is 470 g/mol. The highest BCUT2D eigenvalue weighted by Gasteiger charge is 2.58. The molecule has 2 aromatic rings. The van der Waals surface area contributed by atoms with Crippen molar-refractivity contribution in [3.05, 3.63) is 70.3 Å². The van der Waals surface area contributed by atoms with Gasteiger partial charge in [0.25, 0.3) is 11.6 Å². The van der Waals surface area contributed by atoms with Crippen LogP contribution in [0.4, 0.5) is 5.69 Å². The molecule has 0 radical (unpaired) electrons. The zero-order valence-electron chi connectivity index (χ0n) is 19.2. The first-order chi connectivity index (χ1) is 16.7. The van der Waals surface area contributed by atoms with E-state index in [-0.39, 0.29) is 40.2 Å². The molecule has 2 N–H and O–H groups in total. The molecule has 10 heteroatoms. The highest BCUT2D eigenvalue weighted by molar-refractivity contribution is 7.89. The van der Waals surface area contributed by atoms with E-state index in [4.69, 9.17) is 0 Å². The van der Waals surface area contributed by atoms with E-state index in [0.29, 0.717) is 25.2 Å². The van der Waals surface area contributed by atoms with Crippen LogP contribution in [0.1, 0.15) is 31.2 Å². The van der Waals surface area contributed by atoms with E-state index in [1.165, 1.54) is 22.5 Å². The van der Waals surface area contributed by atoms with Crippen LogP contribution in [0.15, 0.2) is 59.5 Å². The lowest BCUT2D eigenvalue weighted by Gasteiger charge is -2.33. The van der Waals surface area contributed by atoms with Crippen molar-refractivity contribution in [1.29, 1.82) is 0 Å². The van der Waals surface area contributed by atoms with Crippen molar-refractivity contribution in [2.75, 3.05) is 19.6 Å². The molecule has 2 saturated carbocycles. The Morgan fingerprint density at radius 3 is 2.37 bits per heavy atom. The topological polar surface area (TPSA) is 130 Å². The third-order valence-electron chi connectivity index (χ3n) is 8.01. The van der Waals surface area contributed by atoms with Crippen molar-refractivity contribution < 1.29 is 23.2 Å². The second-order valence-corrected chi connectivity index (χ2v) is 11.8. The van der Waals surface area contributed by atoms with E-state index in [1.807, 2.05) is 18.2 Å². The lowest BCUT2D eigenvalue weighted by Crippen LogP contribution is -2.49. The number of carbonyl (C=O) groups is 1. The lowest BCUT2D eigenvalue weighted by molar-refractivity contribution is -0.385. The van der Waals surface area contributed by atoms with Crippen LogP contribution in [0.2, 0.25) is 0 Å². The number of rotatable bonds is 8. The van der Waals surface area contributed by atoms with Gasteiger partial charge in [-0.05, 0) is 42.2 Å². The van der Waals surface area contributed by atoms with Crippen LogP contribution >= 0.6 is 0 Å². The Hall–Kier alpha value is -2.82. The molecule has 1 saturated heterocycles. The third kappa shape index (κ3) is 4.23. The first-order valence-corrected chi connectivity index (χ1v) is 13.5. The molecule has 3 aliphatic rings. The Kier molecular flexibility index (Phi) is 6.14. The summed E-state index contributed by atoms with van der Waals surface area (Å²) in [6, 6.07) is 14.2. The van der Waals surface area contributed by atoms with Gasteiger partial charge >= 0.3 is 0 Å². The quantitative estimate of drug-likeness (QED) is 0.424. The zero-order valence-corrected chi connectivity index (χ0v) is 20.1. The Balaban J connectivity index is 1.22. The van der Waals surface area contributed by atoms with E-state index in [1.54, 1.807) is 12.1 Å². The van der Waals surface area contributed by atoms with Crippen LogP contribution in [-0.2, 0) is 20.4 Å². The summed E-state index contributed by atoms with van der Waals surface area (Å²) in [5.41, 5.74) is -1.22. The SMILES string of the molecule is O=C(NCC1C2CN(S(=O)(=O)c3cccc([N+](=O)[O-])c3)CC12)C(O)(c1ccccc1)C1CCCC1. The van der Waals surface area contributed by atoms with Crippen molar-refractivity contribution >= 4 is 21.6 Å². The Morgan fingerprint density at radius 2 is 1.74 bits per heavy atom. The van der Waals surface area contributed by atoms with Crippen molar-refractivity contribution in [2.45, 2.75) is 36.2 Å². The number of carbonyl (C=O) groups excluding carboxylic acids is 1. The van der Waals surface area contributed by atoms with Gasteiger partial charge in [-0.1, -0.05) is 49.2 Å². The number of nitrogens with zero attached hydrogens (tertiary/aromatic N) is 2. The van der Waals surface area contributed by atoms with Gasteiger partial charge in [-0.25, -0.2) is 8.42 Å². The fraction of sp³-hybridized carbons (Fsp3) is 0.480. The summed E-state index contributed by atoms with van der Waals surface area (Å²) < 4.78 is 27.3. The smallest absolute Gasteiger partial charge is 0.270 e. The fourth-order valence-corrected chi connectivity index (χ4v) is 7.50. The van der Waals surface area contributed by atoms with Gasteiger partial charge in [0.15, 0.2) is 5.60 Å². The normalized spacial score (nSPS) is 26.1. The number of non-ortho nitro benzene ring substituents is 1. The molecule has 0 aromatic heterocycles. The van der Waals surface area contributed by atoms with Crippen molar-refractivity contribution in [3.63, 3.8) is 0 Å². The number of hydrogen-bond donors (Lipinski definition) is 2. The third-order valence-corrected chi connectivity index (χ3v) is 9.84. The summed E-state index contributed by atoms with van der Waals surface area (Å²) in [6.45, 7) is 1.03. The van der Waals surface area contributed by atoms with Gasteiger partial charge in [-0.3, -0.25) is 14.9 Å². The van der Waals surface area contributed by atoms with Crippen molar-refractivity contribution in [3.8, 4) is 0 Å². The molecule has 35 heavy (non-hydrogen) atoms. The Morgan fingerprint density at radius 1 is 1.09 bits per heavy atom. The van der Waals surface area contributed by atoms with E-state index in [2.05, 4.69) is 5.32 Å². The zero-order chi connectivity index (χ0) is 24.8. The number of nitro groups is 1. The molecule has 9 nitrogen and oxygen atoms in total. The lowest BCUT2D eigenvalue weighted by atomic mass is 9.79. The minimum absolute atomic E-state index is 0.0812. The number of hydrogen-bond acceptors (Lipinski definition) is 6. The van der Waals surface area contributed by atoms with Gasteiger partial charge < -0.3 is 10.4 Å². The molecule has 2 aromatic carbocycles. The maximum absolute atomic E-state index is 13.3. The highest BCUT2D eigenvalue weighted by atomic mass is 32.2. The maximum atomic E-state index is 13.3. The summed E-state index contributed by atoms with van der Waals surface area (Å²) in [6.07, 6.45) is 3.60. The predicted octanol–water partition coefficient (Wildman–Crippen LogP) is 2.66. The van der Waals surface area contributed by atoms with E-state index >= 15 is 0 Å². The molecular formula is C25H29N3O6S. The second-order valence-electron chi connectivity index (χ2n) is 9.89. The second kappa shape index (κ2) is 9.00. The van der Waals surface area contributed by atoms with E-state index in [0.717, 1.165) is 31.7 Å². The van der Waals surface area contributed by atoms with Crippen LogP contribution in [0.5, 0.6) is 0 Å². The van der Waals surface area contributed by atoms with E-state index in [9.17, 15) is 28.4 Å². The van der Waals surface area contributed by atoms with Crippen molar-refractivity contribution in [1.82, 2.24) is 9.62 Å². The number of fused-ring (bicyclic) bond motifs is 1. The standard InChI is InChI=1S/C25H29N3O6S/c29-24(25(30,18-9-4-5-10-18)17-7-2-1-3-8-17)26-14-21-22-15-27(16-23(21)22)35(33,34)20-12-6-11-19(13-20)28(31)32/h1-3,6-8,11-13,18,21-23,30H,4-5,9-10,14-16H2,(H,26,29). The molecule has 1 aliphatic heterocycles. The summed E-state index contributed by atoms with van der Waals surface area (Å²) in [5, 5.41) is 25.6. The molecule has 3 unspecified atom stereocenters. The maximum Gasteiger partial charge on any atom is 0.270 e. The molecule has 1 amide bonds. The number of piperidine rings is 1. The molecule has 5 rings (SSSR count). The van der Waals surface area contributed by atoms with Gasteiger partial charge in [0, 0.05) is 37.7 Å². The van der Waals surface area contributed by atoms with Gasteiger partial charge in [0.1, 0.15) is 0 Å². The predicted molar refractivity (Wildman–Crippen MR) is 128 cm³/mol. The molecule has 0 bridgehead atoms. The number of aliphatic hydroxyl groups is 1. The molecule has 3 fully saturated rings. The molecule has 1 heterocycles. The summed E-state index contributed by atoms with van der Waals surface area (Å²) in [5.74, 6) is -0.111. The van der Waals surface area contributed by atoms with Gasteiger partial charge in [-0.15, -0.1) is 0 Å². The highest BCUT2D eigenvalue weighted by Crippen LogP contribution is 2.52. The number of benzene rings is 2. The van der Waals surface area contributed by atoms with Crippen LogP contribution in [0.25, 0.3) is 0 Å². The Labute approximate surface area is 204 Å². The van der Waals surface area contributed by atoms with Crippen LogP contribution < -0.4 is 5.32 Å².